The fraction of sp³-hybridized carbons (Fsp3) is 0.348. The lowest BCUT2D eigenvalue weighted by molar-refractivity contribution is -0.118. The molecule has 2 aromatic carbocycles. The third kappa shape index (κ3) is 6.24. The topological polar surface area (TPSA) is 80.5 Å². The minimum Gasteiger partial charge on any atom is -0.496 e. The number of benzene rings is 2. The average molecular weight is 441 g/mol. The molecule has 0 saturated carbocycles. The molecular weight excluding hydrogens is 412 g/mol. The van der Waals surface area contributed by atoms with E-state index in [2.05, 4.69) is 46.4 Å². The number of anilines is 1. The summed E-state index contributed by atoms with van der Waals surface area (Å²) in [6.45, 7) is 6.71. The van der Waals surface area contributed by atoms with Gasteiger partial charge < -0.3 is 19.4 Å². The zero-order valence-corrected chi connectivity index (χ0v) is 18.9. The highest BCUT2D eigenvalue weighted by atomic mass is 32.2. The summed E-state index contributed by atoms with van der Waals surface area (Å²) in [6.07, 6.45) is 0.703. The SMILES string of the molecule is CCN(CC)c1ccc(-c2nnc(SCC(=O)NCCc3ccccc3OC)o2)cc1. The number of hydrogen-bond acceptors (Lipinski definition) is 7. The molecule has 1 aromatic heterocycles. The Morgan fingerprint density at radius 1 is 1.10 bits per heavy atom. The van der Waals surface area contributed by atoms with Crippen molar-refractivity contribution in [2.24, 2.45) is 0 Å². The molecule has 0 aliphatic heterocycles. The Hall–Kier alpha value is -3.00. The van der Waals surface area contributed by atoms with Crippen molar-refractivity contribution in [1.29, 1.82) is 0 Å². The van der Waals surface area contributed by atoms with Crippen molar-refractivity contribution in [3.63, 3.8) is 0 Å². The second-order valence-corrected chi connectivity index (χ2v) is 7.72. The van der Waals surface area contributed by atoms with Crippen molar-refractivity contribution in [1.82, 2.24) is 15.5 Å². The van der Waals surface area contributed by atoms with Crippen LogP contribution >= 0.6 is 11.8 Å². The molecule has 7 nitrogen and oxygen atoms in total. The second kappa shape index (κ2) is 11.4. The Balaban J connectivity index is 1.47. The van der Waals surface area contributed by atoms with E-state index in [4.69, 9.17) is 9.15 Å². The first kappa shape index (κ1) is 22.7. The molecule has 0 unspecified atom stereocenters. The summed E-state index contributed by atoms with van der Waals surface area (Å²) >= 11 is 1.23. The van der Waals surface area contributed by atoms with Gasteiger partial charge in [-0.05, 0) is 56.2 Å². The van der Waals surface area contributed by atoms with Gasteiger partial charge in [0.15, 0.2) is 0 Å². The van der Waals surface area contributed by atoms with E-state index in [1.54, 1.807) is 7.11 Å². The van der Waals surface area contributed by atoms with E-state index >= 15 is 0 Å². The predicted molar refractivity (Wildman–Crippen MR) is 124 cm³/mol. The number of carbonyl (C=O) groups excluding carboxylic acids is 1. The summed E-state index contributed by atoms with van der Waals surface area (Å²) in [5.74, 6) is 1.41. The highest BCUT2D eigenvalue weighted by molar-refractivity contribution is 7.99. The van der Waals surface area contributed by atoms with Gasteiger partial charge in [-0.15, -0.1) is 10.2 Å². The Bertz CT molecular complexity index is 971. The molecule has 31 heavy (non-hydrogen) atoms. The fourth-order valence-electron chi connectivity index (χ4n) is 3.21. The molecule has 1 amide bonds. The van der Waals surface area contributed by atoms with Crippen molar-refractivity contribution >= 4 is 23.4 Å². The zero-order chi connectivity index (χ0) is 22.1. The highest BCUT2D eigenvalue weighted by Gasteiger charge is 2.12. The summed E-state index contributed by atoms with van der Waals surface area (Å²) in [7, 11) is 1.64. The fourth-order valence-corrected chi connectivity index (χ4v) is 3.81. The van der Waals surface area contributed by atoms with Crippen LogP contribution in [-0.4, -0.2) is 48.6 Å². The number of methoxy groups -OCH3 is 1. The number of amides is 1. The van der Waals surface area contributed by atoms with Gasteiger partial charge in [0.2, 0.25) is 11.8 Å². The molecule has 8 heteroatoms. The summed E-state index contributed by atoms with van der Waals surface area (Å²) in [6, 6.07) is 15.8. The van der Waals surface area contributed by atoms with E-state index in [0.717, 1.165) is 35.7 Å². The van der Waals surface area contributed by atoms with Gasteiger partial charge >= 0.3 is 0 Å². The van der Waals surface area contributed by atoms with Gasteiger partial charge in [-0.25, -0.2) is 0 Å². The lowest BCUT2D eigenvalue weighted by atomic mass is 10.1. The molecule has 0 saturated heterocycles. The Morgan fingerprint density at radius 2 is 1.84 bits per heavy atom. The number of thioether (sulfide) groups is 1. The first-order valence-electron chi connectivity index (χ1n) is 10.3. The summed E-state index contributed by atoms with van der Waals surface area (Å²) in [4.78, 5) is 14.4. The van der Waals surface area contributed by atoms with Crippen molar-refractivity contribution in [3.8, 4) is 17.2 Å². The maximum atomic E-state index is 12.1. The molecule has 0 aliphatic carbocycles. The van der Waals surface area contributed by atoms with Gasteiger partial charge in [-0.1, -0.05) is 30.0 Å². The third-order valence-electron chi connectivity index (χ3n) is 4.89. The van der Waals surface area contributed by atoms with E-state index in [1.165, 1.54) is 11.8 Å². The van der Waals surface area contributed by atoms with Crippen LogP contribution in [0.2, 0.25) is 0 Å². The van der Waals surface area contributed by atoms with Crippen LogP contribution in [0.1, 0.15) is 19.4 Å². The van der Waals surface area contributed by atoms with E-state index in [1.807, 2.05) is 36.4 Å². The molecule has 3 rings (SSSR count). The van der Waals surface area contributed by atoms with Crippen molar-refractivity contribution < 1.29 is 13.9 Å². The van der Waals surface area contributed by atoms with E-state index in [9.17, 15) is 4.79 Å². The highest BCUT2D eigenvalue weighted by Crippen LogP contribution is 2.25. The van der Waals surface area contributed by atoms with Gasteiger partial charge in [0.25, 0.3) is 5.22 Å². The van der Waals surface area contributed by atoms with Crippen LogP contribution in [0.25, 0.3) is 11.5 Å². The molecule has 0 bridgehead atoms. The van der Waals surface area contributed by atoms with Gasteiger partial charge in [-0.3, -0.25) is 4.79 Å². The molecule has 1 N–H and O–H groups in total. The lowest BCUT2D eigenvalue weighted by Crippen LogP contribution is -2.27. The Kier molecular flexibility index (Phi) is 8.35. The van der Waals surface area contributed by atoms with Crippen LogP contribution < -0.4 is 15.0 Å². The number of aromatic nitrogens is 2. The molecule has 0 spiro atoms. The first-order valence-corrected chi connectivity index (χ1v) is 11.3. The standard InChI is InChI=1S/C23H28N4O3S/c1-4-27(5-2)19-12-10-18(11-13-19)22-25-26-23(30-22)31-16-21(28)24-15-14-17-8-6-7-9-20(17)29-3/h6-13H,4-5,14-16H2,1-3H3,(H,24,28). The van der Waals surface area contributed by atoms with Crippen molar-refractivity contribution in [2.75, 3.05) is 37.4 Å². The van der Waals surface area contributed by atoms with Gasteiger partial charge in [0.05, 0.1) is 12.9 Å². The monoisotopic (exact) mass is 440 g/mol. The van der Waals surface area contributed by atoms with Gasteiger partial charge in [0, 0.05) is 30.9 Å². The Morgan fingerprint density at radius 3 is 2.55 bits per heavy atom. The van der Waals surface area contributed by atoms with Gasteiger partial charge in [0.1, 0.15) is 5.75 Å². The minimum absolute atomic E-state index is 0.0803. The quantitative estimate of drug-likeness (QED) is 0.451. The molecule has 164 valence electrons. The van der Waals surface area contributed by atoms with Gasteiger partial charge in [-0.2, -0.15) is 0 Å². The summed E-state index contributed by atoms with van der Waals surface area (Å²) < 4.78 is 11.0. The molecular formula is C23H28N4O3S. The number of ether oxygens (including phenoxy) is 1. The third-order valence-corrected chi connectivity index (χ3v) is 5.70. The average Bonchev–Trinajstić information content (AvgIpc) is 3.28. The minimum atomic E-state index is -0.0803. The van der Waals surface area contributed by atoms with Crippen molar-refractivity contribution in [3.05, 3.63) is 54.1 Å². The number of nitrogens with one attached hydrogen (secondary N) is 1. The number of nitrogens with zero attached hydrogens (tertiary/aromatic N) is 3. The van der Waals surface area contributed by atoms with Crippen LogP contribution in [-0.2, 0) is 11.2 Å². The maximum Gasteiger partial charge on any atom is 0.277 e. The largest absolute Gasteiger partial charge is 0.496 e. The first-order chi connectivity index (χ1) is 15.1. The van der Waals surface area contributed by atoms with Crippen LogP contribution in [0.5, 0.6) is 5.75 Å². The van der Waals surface area contributed by atoms with E-state index in [0.29, 0.717) is 24.1 Å². The molecule has 0 radical (unpaired) electrons. The number of carbonyl (C=O) groups is 1. The normalized spacial score (nSPS) is 10.7. The van der Waals surface area contributed by atoms with Crippen LogP contribution in [0.4, 0.5) is 5.69 Å². The number of para-hydroxylation sites is 1. The Labute approximate surface area is 187 Å². The van der Waals surface area contributed by atoms with Crippen LogP contribution in [0.3, 0.4) is 0 Å². The number of hydrogen-bond donors (Lipinski definition) is 1. The molecule has 0 fully saturated rings. The molecule has 0 aliphatic rings. The zero-order valence-electron chi connectivity index (χ0n) is 18.1. The summed E-state index contributed by atoms with van der Waals surface area (Å²) in [5, 5.41) is 11.4. The van der Waals surface area contributed by atoms with Crippen LogP contribution in [0, 0.1) is 0 Å². The molecule has 1 heterocycles. The predicted octanol–water partition coefficient (Wildman–Crippen LogP) is 4.04. The van der Waals surface area contributed by atoms with E-state index in [-0.39, 0.29) is 11.7 Å². The van der Waals surface area contributed by atoms with Crippen molar-refractivity contribution in [2.45, 2.75) is 25.5 Å². The summed E-state index contributed by atoms with van der Waals surface area (Å²) in [5.41, 5.74) is 3.08. The molecule has 0 atom stereocenters. The maximum absolute atomic E-state index is 12.1. The lowest BCUT2D eigenvalue weighted by Gasteiger charge is -2.20. The number of rotatable bonds is 11. The smallest absolute Gasteiger partial charge is 0.277 e. The molecule has 3 aromatic rings. The van der Waals surface area contributed by atoms with Crippen LogP contribution in [0.15, 0.2) is 58.2 Å². The second-order valence-electron chi connectivity index (χ2n) is 6.79. The van der Waals surface area contributed by atoms with E-state index < -0.39 is 0 Å².